The molecule has 0 amide bonds. The zero-order valence-electron chi connectivity index (χ0n) is 14.4. The molecule has 2 aliphatic rings. The average molecular weight is 369 g/mol. The predicted molar refractivity (Wildman–Crippen MR) is 84.5 cm³/mol. The van der Waals surface area contributed by atoms with Crippen molar-refractivity contribution in [1.29, 1.82) is 0 Å². The first-order valence-electron chi connectivity index (χ1n) is 8.39. The second-order valence-electron chi connectivity index (χ2n) is 7.02. The molecular formula is C16H18F3N5O2. The number of aryl methyl sites for hydroxylation is 1. The molecular weight excluding hydrogens is 351 g/mol. The molecule has 4 rings (SSSR count). The van der Waals surface area contributed by atoms with Gasteiger partial charge in [0.15, 0.2) is 0 Å². The third-order valence-electron chi connectivity index (χ3n) is 5.46. The number of aromatic nitrogens is 4. The van der Waals surface area contributed by atoms with Gasteiger partial charge in [-0.1, -0.05) is 6.42 Å². The van der Waals surface area contributed by atoms with Gasteiger partial charge in [-0.3, -0.25) is 4.79 Å². The van der Waals surface area contributed by atoms with Crippen LogP contribution in [0.3, 0.4) is 0 Å². The summed E-state index contributed by atoms with van der Waals surface area (Å²) in [6.07, 6.45) is -2.09. The number of hydrogen-bond acceptors (Lipinski definition) is 6. The molecule has 140 valence electrons. The molecule has 0 bridgehead atoms. The van der Waals surface area contributed by atoms with Gasteiger partial charge in [0, 0.05) is 24.8 Å². The van der Waals surface area contributed by atoms with E-state index in [0.29, 0.717) is 24.6 Å². The number of rotatable bonds is 2. The molecule has 10 heteroatoms. The Morgan fingerprint density at radius 3 is 2.85 bits per heavy atom. The monoisotopic (exact) mass is 369 g/mol. The first-order valence-corrected chi connectivity index (χ1v) is 8.39. The topological polar surface area (TPSA) is 72.6 Å². The Morgan fingerprint density at radius 2 is 2.15 bits per heavy atom. The Labute approximate surface area is 147 Å². The lowest BCUT2D eigenvalue weighted by Crippen LogP contribution is -2.37. The van der Waals surface area contributed by atoms with E-state index in [1.165, 1.54) is 7.11 Å². The molecule has 1 aliphatic heterocycles. The number of halogens is 3. The highest BCUT2D eigenvalue weighted by Crippen LogP contribution is 2.50. The standard InChI is InChI=1S/C16H18F3N5O2/c1-9-6-11(24-14(20-9)21-12(22-24)16(17,18)19)23-7-10-4-3-5-15(10,8-23)13(25)26-2/h6,10H,3-5,7-8H2,1-2H3. The lowest BCUT2D eigenvalue weighted by atomic mass is 9.81. The molecule has 1 aliphatic carbocycles. The van der Waals surface area contributed by atoms with Gasteiger partial charge in [0.1, 0.15) is 5.82 Å². The van der Waals surface area contributed by atoms with Crippen LogP contribution < -0.4 is 4.90 Å². The van der Waals surface area contributed by atoms with E-state index in [2.05, 4.69) is 15.1 Å². The lowest BCUT2D eigenvalue weighted by molar-refractivity contribution is -0.152. The van der Waals surface area contributed by atoms with Crippen LogP contribution in [0, 0.1) is 18.3 Å². The summed E-state index contributed by atoms with van der Waals surface area (Å²) in [4.78, 5) is 21.9. The van der Waals surface area contributed by atoms with Crippen LogP contribution in [-0.2, 0) is 15.7 Å². The number of hydrogen-bond donors (Lipinski definition) is 0. The fourth-order valence-electron chi connectivity index (χ4n) is 4.31. The summed E-state index contributed by atoms with van der Waals surface area (Å²) in [5.41, 5.74) is -0.0658. The minimum Gasteiger partial charge on any atom is -0.469 e. The van der Waals surface area contributed by atoms with Crippen molar-refractivity contribution in [3.8, 4) is 0 Å². The van der Waals surface area contributed by atoms with Crippen molar-refractivity contribution in [2.45, 2.75) is 32.4 Å². The van der Waals surface area contributed by atoms with Crippen LogP contribution in [0.2, 0.25) is 0 Å². The maximum Gasteiger partial charge on any atom is 0.453 e. The lowest BCUT2D eigenvalue weighted by Gasteiger charge is -2.26. The van der Waals surface area contributed by atoms with E-state index >= 15 is 0 Å². The van der Waals surface area contributed by atoms with Crippen LogP contribution in [-0.4, -0.2) is 45.8 Å². The van der Waals surface area contributed by atoms with Gasteiger partial charge in [-0.05, 0) is 25.7 Å². The maximum atomic E-state index is 13.0. The smallest absolute Gasteiger partial charge is 0.453 e. The third kappa shape index (κ3) is 2.42. The molecule has 26 heavy (non-hydrogen) atoms. The van der Waals surface area contributed by atoms with Gasteiger partial charge in [-0.2, -0.15) is 22.7 Å². The summed E-state index contributed by atoms with van der Waals surface area (Å²) in [6, 6.07) is 1.67. The van der Waals surface area contributed by atoms with Gasteiger partial charge in [-0.15, -0.1) is 5.10 Å². The maximum absolute atomic E-state index is 13.0. The average Bonchev–Trinajstić information content (AvgIpc) is 3.24. The van der Waals surface area contributed by atoms with Crippen molar-refractivity contribution in [2.24, 2.45) is 11.3 Å². The predicted octanol–water partition coefficient (Wildman–Crippen LogP) is 2.23. The second kappa shape index (κ2) is 5.55. The van der Waals surface area contributed by atoms with Crippen LogP contribution >= 0.6 is 0 Å². The number of anilines is 1. The Bertz CT molecular complexity index is 881. The molecule has 0 spiro atoms. The van der Waals surface area contributed by atoms with Gasteiger partial charge in [0.25, 0.3) is 11.6 Å². The minimum atomic E-state index is -4.65. The molecule has 7 nitrogen and oxygen atoms in total. The number of alkyl halides is 3. The number of esters is 1. The molecule has 1 saturated heterocycles. The molecule has 2 unspecified atom stereocenters. The number of carbonyl (C=O) groups excluding carboxylic acids is 1. The third-order valence-corrected chi connectivity index (χ3v) is 5.46. The molecule has 2 aromatic heterocycles. The number of methoxy groups -OCH3 is 1. The van der Waals surface area contributed by atoms with Gasteiger partial charge in [-0.25, -0.2) is 4.98 Å². The van der Waals surface area contributed by atoms with E-state index in [9.17, 15) is 18.0 Å². The van der Waals surface area contributed by atoms with Crippen LogP contribution in [0.1, 0.15) is 30.8 Å². The first kappa shape index (κ1) is 17.0. The van der Waals surface area contributed by atoms with Crippen LogP contribution in [0.15, 0.2) is 6.07 Å². The second-order valence-corrected chi connectivity index (χ2v) is 7.02. The number of fused-ring (bicyclic) bond motifs is 2. The van der Waals surface area contributed by atoms with E-state index in [4.69, 9.17) is 4.74 Å². The van der Waals surface area contributed by atoms with Crippen LogP contribution in [0.4, 0.5) is 19.0 Å². The quantitative estimate of drug-likeness (QED) is 0.756. The molecule has 2 aromatic rings. The Morgan fingerprint density at radius 1 is 1.38 bits per heavy atom. The molecule has 0 N–H and O–H groups in total. The van der Waals surface area contributed by atoms with Crippen molar-refractivity contribution in [3.63, 3.8) is 0 Å². The Kier molecular flexibility index (Phi) is 3.64. The minimum absolute atomic E-state index is 0.100. The van der Waals surface area contributed by atoms with Gasteiger partial charge < -0.3 is 9.64 Å². The largest absolute Gasteiger partial charge is 0.469 e. The zero-order chi connectivity index (χ0) is 18.7. The van der Waals surface area contributed by atoms with Crippen molar-refractivity contribution in [1.82, 2.24) is 19.6 Å². The van der Waals surface area contributed by atoms with Crippen molar-refractivity contribution in [2.75, 3.05) is 25.1 Å². The summed E-state index contributed by atoms with van der Waals surface area (Å²) in [5, 5.41) is 3.61. The summed E-state index contributed by atoms with van der Waals surface area (Å²) in [6.45, 7) is 2.65. The van der Waals surface area contributed by atoms with Crippen LogP contribution in [0.5, 0.6) is 0 Å². The molecule has 2 atom stereocenters. The normalized spacial score (nSPS) is 25.7. The van der Waals surface area contributed by atoms with Crippen molar-refractivity contribution >= 4 is 17.6 Å². The van der Waals surface area contributed by atoms with Gasteiger partial charge in [0.2, 0.25) is 0 Å². The molecule has 2 fully saturated rings. The first-order chi connectivity index (χ1) is 12.2. The number of ether oxygens (including phenoxy) is 1. The molecule has 1 saturated carbocycles. The number of nitrogens with zero attached hydrogens (tertiary/aromatic N) is 5. The van der Waals surface area contributed by atoms with Crippen LogP contribution in [0.25, 0.3) is 5.78 Å². The van der Waals surface area contributed by atoms with E-state index in [1.807, 2.05) is 4.90 Å². The molecule has 0 radical (unpaired) electrons. The zero-order valence-corrected chi connectivity index (χ0v) is 14.4. The SMILES string of the molecule is COC(=O)C12CCCC1CN(c1cc(C)nc3nc(C(F)(F)F)nn13)C2. The Balaban J connectivity index is 1.78. The summed E-state index contributed by atoms with van der Waals surface area (Å²) >= 11 is 0. The summed E-state index contributed by atoms with van der Waals surface area (Å²) in [5.74, 6) is -0.994. The molecule has 0 aromatic carbocycles. The highest BCUT2D eigenvalue weighted by atomic mass is 19.4. The summed E-state index contributed by atoms with van der Waals surface area (Å²) < 4.78 is 45.1. The summed E-state index contributed by atoms with van der Waals surface area (Å²) in [7, 11) is 1.37. The van der Waals surface area contributed by atoms with E-state index in [0.717, 1.165) is 23.8 Å². The van der Waals surface area contributed by atoms with Crippen molar-refractivity contribution < 1.29 is 22.7 Å². The van der Waals surface area contributed by atoms with E-state index in [-0.39, 0.29) is 17.7 Å². The van der Waals surface area contributed by atoms with E-state index < -0.39 is 17.4 Å². The molecule has 3 heterocycles. The number of carbonyl (C=O) groups is 1. The van der Waals surface area contributed by atoms with Gasteiger partial charge in [0.05, 0.1) is 12.5 Å². The highest BCUT2D eigenvalue weighted by Gasteiger charge is 2.56. The Hall–Kier alpha value is -2.39. The van der Waals surface area contributed by atoms with Crippen molar-refractivity contribution in [3.05, 3.63) is 17.6 Å². The van der Waals surface area contributed by atoms with Gasteiger partial charge >= 0.3 is 12.1 Å². The highest BCUT2D eigenvalue weighted by molar-refractivity contribution is 5.79. The fraction of sp³-hybridized carbons (Fsp3) is 0.625. The van der Waals surface area contributed by atoms with E-state index in [1.54, 1.807) is 13.0 Å². The fourth-order valence-corrected chi connectivity index (χ4v) is 4.31.